The van der Waals surface area contributed by atoms with Crippen LogP contribution < -0.4 is 42.5 Å². The Bertz CT molecular complexity index is 6660. The summed E-state index contributed by atoms with van der Waals surface area (Å²) in [4.78, 5) is 76.4. The fourth-order valence-corrected chi connectivity index (χ4v) is 17.3. The van der Waals surface area contributed by atoms with Crippen molar-refractivity contribution in [3.05, 3.63) is 283 Å². The van der Waals surface area contributed by atoms with Crippen LogP contribution in [-0.4, -0.2) is 148 Å². The predicted octanol–water partition coefficient (Wildman–Crippen LogP) is 16.9. The minimum atomic E-state index is -0.846. The first-order valence-corrected chi connectivity index (χ1v) is 44.9. The summed E-state index contributed by atoms with van der Waals surface area (Å²) in [5, 5.41) is 45.5. The normalized spacial score (nSPS) is 15.5. The molecule has 0 aliphatic heterocycles. The van der Waals surface area contributed by atoms with Crippen molar-refractivity contribution in [2.45, 2.75) is 123 Å². The molecule has 0 amide bonds. The van der Waals surface area contributed by atoms with E-state index in [4.69, 9.17) is 11.6 Å². The molecule has 4 fully saturated rings. The minimum Gasteiger partial charge on any atom is -0.394 e. The van der Waals surface area contributed by atoms with Gasteiger partial charge in [-0.25, -0.2) is 34.3 Å². The first-order valence-electron chi connectivity index (χ1n) is 44.5. The van der Waals surface area contributed by atoms with Crippen molar-refractivity contribution < 1.29 is 27.8 Å². The lowest BCUT2D eigenvalue weighted by Crippen LogP contribution is -2.45. The molecule has 4 bridgehead atoms. The Hall–Kier alpha value is -15.0. The maximum absolute atomic E-state index is 14.2. The molecule has 4 aliphatic carbocycles. The Morgan fingerprint density at radius 3 is 1.22 bits per heavy atom. The van der Waals surface area contributed by atoms with Crippen molar-refractivity contribution in [1.29, 1.82) is 0 Å². The quantitative estimate of drug-likeness (QED) is 0.0153. The van der Waals surface area contributed by atoms with E-state index in [0.717, 1.165) is 122 Å². The van der Waals surface area contributed by atoms with Gasteiger partial charge in [0.25, 0.3) is 0 Å². The van der Waals surface area contributed by atoms with Crippen LogP contribution in [0.15, 0.2) is 220 Å². The zero-order valence-corrected chi connectivity index (χ0v) is 75.3. The number of aryl methyl sites for hydroxylation is 4. The molecular formula is C96H104ClF4N31O2. The number of hydrogen-bond donors (Lipinski definition) is 12. The standard InChI is InChI=1S/C24H28FN5.2C17H22N6O.C13H11ClN4.C13H12FN5.C12H9F2N5/c25-24-28-22(26-13-15-4-2-1-3-5-15)21-23(29-24)30(14-27-21)7-6-20-18-9-16-8-17(11-18)12-19(20)10-16;2*1-3-13(10-24)20-17-21-15(14-16(22-17)23(2)11-19-14)18-9-12-7-5-4-6-8-12;14-13-17-11-10(6-7-15-11)12(18-13)16-8-9-4-2-1-3-5-9;1-19-8-16-10-11(17-13(14)18-12(10)19)15-7-9-5-3-2-4-6-9;13-8-3-1-7(2-4-8)5-15-10-9-11(17-6-16-9)19-12(14)18-10/h1-5,14,16-20H,6-13H2,(H,26,28,29);2*4-8,11,13,24H,3,9-10H2,1-2H3,(H2,18,20,21,22);1-7H,8H2,(H2,15,16,17,18);2-6,8H,7H2,1H3,(H,15,17,18);1-4,6H,5H2,(H2,15,16,17,18,19)/t;13-;;;;/m.1..../s1. The molecule has 12 heterocycles. The number of rotatable bonds is 29. The third-order valence-corrected chi connectivity index (χ3v) is 24.0. The summed E-state index contributed by atoms with van der Waals surface area (Å²) in [5.74, 6) is 8.61. The summed E-state index contributed by atoms with van der Waals surface area (Å²) in [6.07, 6.45) is 17.7. The summed E-state index contributed by atoms with van der Waals surface area (Å²) in [5.41, 5.74) is 13.4. The second-order valence-electron chi connectivity index (χ2n) is 33.1. The van der Waals surface area contributed by atoms with E-state index in [9.17, 15) is 27.8 Å². The lowest BCUT2D eigenvalue weighted by atomic mass is 9.51. The SMILES string of the molecule is CCC(CO)Nc1nc(NCc2ccccc2)c2ncn(C)c2n1.CC[C@H](CO)Nc1nc(NCc2ccccc2)c2ncn(C)c2n1.Clc1nc(NCc2ccccc2)c2cc[nH]c2n1.Cn1cnc2c(NCc3ccccc3)nc(F)nc21.Fc1ccc(CNc2nc(F)nc3nc[nH]c23)cc1.Fc1nc(NCc2ccccc2)c2ncn(CCC3C4CC5CC(C4)CC3C5)c2n1. The lowest BCUT2D eigenvalue weighted by molar-refractivity contribution is -0.0409. The van der Waals surface area contributed by atoms with Gasteiger partial charge in [-0.15, -0.1) is 0 Å². The monoisotopic (exact) mass is 1830 g/mol. The average molecular weight is 1840 g/mol. The van der Waals surface area contributed by atoms with E-state index in [0.29, 0.717) is 108 Å². The molecule has 6 aromatic carbocycles. The molecule has 33 nitrogen and oxygen atoms in total. The molecule has 4 aliphatic rings. The number of aromatic nitrogens is 23. The number of aromatic amines is 2. The highest BCUT2D eigenvalue weighted by atomic mass is 35.5. The molecule has 0 radical (unpaired) electrons. The number of imidazole rings is 5. The van der Waals surface area contributed by atoms with Crippen LogP contribution in [0.25, 0.3) is 66.9 Å². The van der Waals surface area contributed by atoms with Gasteiger partial charge in [0.05, 0.1) is 62.3 Å². The Morgan fingerprint density at radius 2 is 0.776 bits per heavy atom. The second-order valence-corrected chi connectivity index (χ2v) is 33.5. The van der Waals surface area contributed by atoms with Gasteiger partial charge in [0.2, 0.25) is 17.2 Å². The van der Waals surface area contributed by atoms with Crippen molar-refractivity contribution in [1.82, 2.24) is 113 Å². The number of benzene rings is 6. The Balaban J connectivity index is 0.000000118. The Kier molecular flexibility index (Phi) is 30.5. The molecular weight excluding hydrogens is 1730 g/mol. The minimum absolute atomic E-state index is 0.0378. The molecule has 690 valence electrons. The van der Waals surface area contributed by atoms with Crippen LogP contribution in [0.5, 0.6) is 0 Å². The van der Waals surface area contributed by atoms with E-state index in [-0.39, 0.29) is 42.0 Å². The third kappa shape index (κ3) is 23.7. The zero-order chi connectivity index (χ0) is 92.8. The van der Waals surface area contributed by atoms with E-state index in [1.165, 1.54) is 56.1 Å². The molecule has 12 N–H and O–H groups in total. The maximum atomic E-state index is 14.2. The van der Waals surface area contributed by atoms with Crippen molar-refractivity contribution in [3.8, 4) is 0 Å². The summed E-state index contributed by atoms with van der Waals surface area (Å²) < 4.78 is 60.9. The van der Waals surface area contributed by atoms with E-state index in [1.54, 1.807) is 42.7 Å². The van der Waals surface area contributed by atoms with E-state index >= 15 is 0 Å². The van der Waals surface area contributed by atoms with Crippen molar-refractivity contribution in [2.75, 3.05) is 55.7 Å². The van der Waals surface area contributed by atoms with Crippen LogP contribution in [0.3, 0.4) is 0 Å². The van der Waals surface area contributed by atoms with Gasteiger partial charge in [-0.1, -0.05) is 178 Å². The molecule has 22 rings (SSSR count). The highest BCUT2D eigenvalue weighted by Gasteiger charge is 2.48. The number of anilines is 8. The highest BCUT2D eigenvalue weighted by molar-refractivity contribution is 6.28. The van der Waals surface area contributed by atoms with Crippen LogP contribution in [0.4, 0.5) is 64.4 Å². The van der Waals surface area contributed by atoms with Crippen LogP contribution in [0.2, 0.25) is 5.28 Å². The van der Waals surface area contributed by atoms with Gasteiger partial charge in [0.1, 0.15) is 22.8 Å². The lowest BCUT2D eigenvalue weighted by Gasteiger charge is -2.54. The van der Waals surface area contributed by atoms with Gasteiger partial charge in [-0.3, -0.25) is 0 Å². The molecule has 2 atom stereocenters. The van der Waals surface area contributed by atoms with E-state index < -0.39 is 18.2 Å². The second kappa shape index (κ2) is 44.3. The fourth-order valence-electron chi connectivity index (χ4n) is 17.1. The number of hydrogen-bond acceptors (Lipinski definition) is 27. The maximum Gasteiger partial charge on any atom is 0.312 e. The topological polar surface area (TPSA) is 407 Å². The summed E-state index contributed by atoms with van der Waals surface area (Å²) >= 11 is 5.88. The Morgan fingerprint density at radius 1 is 0.396 bits per heavy atom. The van der Waals surface area contributed by atoms with Gasteiger partial charge >= 0.3 is 18.2 Å². The number of nitrogens with one attached hydrogen (secondary N) is 10. The molecule has 1 unspecified atom stereocenters. The first-order chi connectivity index (χ1) is 65.4. The van der Waals surface area contributed by atoms with Crippen LogP contribution in [0.1, 0.15) is 98.6 Å². The molecule has 4 saturated carbocycles. The van der Waals surface area contributed by atoms with Gasteiger partial charge in [0, 0.05) is 73.2 Å². The summed E-state index contributed by atoms with van der Waals surface area (Å²) in [6.45, 7) is 8.48. The largest absolute Gasteiger partial charge is 0.394 e. The average Bonchev–Trinajstić information content (AvgIpc) is 1.50. The van der Waals surface area contributed by atoms with Gasteiger partial charge in [0.15, 0.2) is 79.4 Å². The predicted molar refractivity (Wildman–Crippen MR) is 512 cm³/mol. The first kappa shape index (κ1) is 92.3. The van der Waals surface area contributed by atoms with Crippen LogP contribution >= 0.6 is 11.6 Å². The Labute approximate surface area is 774 Å². The molecule has 0 saturated heterocycles. The molecule has 134 heavy (non-hydrogen) atoms. The summed E-state index contributed by atoms with van der Waals surface area (Å²) in [7, 11) is 5.57. The molecule has 18 aromatic rings. The van der Waals surface area contributed by atoms with Crippen LogP contribution in [0, 0.1) is 53.6 Å². The van der Waals surface area contributed by atoms with Crippen molar-refractivity contribution in [3.63, 3.8) is 0 Å². The van der Waals surface area contributed by atoms with Crippen molar-refractivity contribution >= 4 is 125 Å². The van der Waals surface area contributed by atoms with Crippen molar-refractivity contribution in [2.24, 2.45) is 50.7 Å². The van der Waals surface area contributed by atoms with Gasteiger partial charge < -0.3 is 81.0 Å². The number of aliphatic hydroxyl groups is 2. The number of fused-ring (bicyclic) bond motifs is 6. The molecule has 0 spiro atoms. The third-order valence-electron chi connectivity index (χ3n) is 23.8. The fraction of sp³-hybridized carbons (Fsp3) is 0.302. The number of H-pyrrole nitrogens is 2. The van der Waals surface area contributed by atoms with Gasteiger partial charge in [-0.05, 0) is 144 Å². The number of halogens is 5. The number of aliphatic hydroxyl groups excluding tert-OH is 2. The summed E-state index contributed by atoms with van der Waals surface area (Å²) in [6, 6.07) is 58.0. The van der Waals surface area contributed by atoms with Crippen LogP contribution in [-0.2, 0) is 67.0 Å². The smallest absolute Gasteiger partial charge is 0.312 e. The molecule has 38 heteroatoms. The molecule has 12 aromatic heterocycles. The van der Waals surface area contributed by atoms with Gasteiger partial charge in [-0.2, -0.15) is 68.0 Å². The highest BCUT2D eigenvalue weighted by Crippen LogP contribution is 2.57. The van der Waals surface area contributed by atoms with E-state index in [2.05, 4.69) is 174 Å². The number of nitrogens with zero attached hydrogens (tertiary/aromatic N) is 21. The van der Waals surface area contributed by atoms with E-state index in [1.807, 2.05) is 175 Å². The zero-order valence-electron chi connectivity index (χ0n) is 74.5.